The van der Waals surface area contributed by atoms with Crippen molar-refractivity contribution in [1.82, 2.24) is 4.98 Å². The number of nitrogen functional groups attached to an aromatic ring is 1. The summed E-state index contributed by atoms with van der Waals surface area (Å²) in [5.74, 6) is 0.730. The number of hydrogen-bond acceptors (Lipinski definition) is 5. The third-order valence-corrected chi connectivity index (χ3v) is 3.67. The Morgan fingerprint density at radius 3 is 2.25 bits per heavy atom. The Morgan fingerprint density at radius 2 is 1.75 bits per heavy atom. The van der Waals surface area contributed by atoms with E-state index >= 15 is 0 Å². The van der Waals surface area contributed by atoms with E-state index in [4.69, 9.17) is 10.5 Å². The fourth-order valence-electron chi connectivity index (χ4n) is 2.66. The van der Waals surface area contributed by atoms with Gasteiger partial charge in [-0.15, -0.1) is 0 Å². The number of H-pyrrole nitrogens is 1. The van der Waals surface area contributed by atoms with Crippen molar-refractivity contribution in [2.45, 2.75) is 27.2 Å². The molecule has 0 unspecified atom stereocenters. The monoisotopic (exact) mass is 322 g/mol. The maximum atomic E-state index is 12.0. The van der Waals surface area contributed by atoms with Crippen molar-refractivity contribution in [2.75, 3.05) is 12.3 Å². The molecule has 0 spiro atoms. The topological polar surface area (TPSA) is 116 Å². The van der Waals surface area contributed by atoms with E-state index in [-0.39, 0.29) is 22.5 Å². The summed E-state index contributed by atoms with van der Waals surface area (Å²) in [7, 11) is 0. The third-order valence-electron chi connectivity index (χ3n) is 3.67. The quantitative estimate of drug-likeness (QED) is 0.898. The molecule has 122 valence electrons. The van der Waals surface area contributed by atoms with Gasteiger partial charge in [0.15, 0.2) is 0 Å². The molecule has 2 rings (SSSR count). The Balaban J connectivity index is 2.77. The molecule has 0 aliphatic carbocycles. The highest BCUT2D eigenvalue weighted by molar-refractivity contribution is 5.81. The average Bonchev–Trinajstić information content (AvgIpc) is 2.53. The summed E-state index contributed by atoms with van der Waals surface area (Å²) < 4.78 is 5.75. The largest absolute Gasteiger partial charge is 0.493 e. The molecule has 3 N–H and O–H groups in total. The number of nitrogens with two attached hydrogens (primary N) is 1. The molecule has 6 nitrogen and oxygen atoms in total. The second kappa shape index (κ2) is 6.89. The van der Waals surface area contributed by atoms with Crippen LogP contribution in [0.4, 0.5) is 5.82 Å². The predicted molar refractivity (Wildman–Crippen MR) is 91.6 cm³/mol. The number of anilines is 1. The van der Waals surface area contributed by atoms with Gasteiger partial charge in [-0.2, -0.15) is 10.5 Å². The van der Waals surface area contributed by atoms with Crippen molar-refractivity contribution < 1.29 is 4.74 Å². The number of nitriles is 2. The van der Waals surface area contributed by atoms with Crippen LogP contribution >= 0.6 is 0 Å². The standard InChI is InChI=1S/C18H18N4O2/c1-4-5-24-16-10(2)6-12(7-11(16)3)15-13(8-19)17(21)22-18(23)14(15)9-20/h6-7H,4-5H2,1-3H3,(H3,21,22,23). The first-order valence-electron chi connectivity index (χ1n) is 7.54. The van der Waals surface area contributed by atoms with Crippen molar-refractivity contribution in [3.8, 4) is 29.0 Å². The second-order valence-corrected chi connectivity index (χ2v) is 5.50. The fourth-order valence-corrected chi connectivity index (χ4v) is 2.66. The van der Waals surface area contributed by atoms with Crippen molar-refractivity contribution in [2.24, 2.45) is 0 Å². The highest BCUT2D eigenvalue weighted by Crippen LogP contribution is 2.34. The predicted octanol–water partition coefficient (Wildman–Crippen LogP) is 2.77. The van der Waals surface area contributed by atoms with Gasteiger partial charge in [0.2, 0.25) is 0 Å². The summed E-state index contributed by atoms with van der Waals surface area (Å²) >= 11 is 0. The minimum absolute atomic E-state index is 0.0434. The van der Waals surface area contributed by atoms with E-state index in [1.807, 2.05) is 32.9 Å². The molecule has 0 aliphatic heterocycles. The molecule has 1 aromatic heterocycles. The number of nitrogens with one attached hydrogen (secondary N) is 1. The van der Waals surface area contributed by atoms with Crippen LogP contribution in [0.25, 0.3) is 11.1 Å². The van der Waals surface area contributed by atoms with Gasteiger partial charge in [-0.05, 0) is 49.1 Å². The van der Waals surface area contributed by atoms with Crippen LogP contribution < -0.4 is 16.0 Å². The van der Waals surface area contributed by atoms with E-state index in [2.05, 4.69) is 4.98 Å². The molecule has 0 radical (unpaired) electrons. The van der Waals surface area contributed by atoms with Gasteiger partial charge in [0, 0.05) is 5.56 Å². The molecule has 6 heteroatoms. The highest BCUT2D eigenvalue weighted by atomic mass is 16.5. The summed E-state index contributed by atoms with van der Waals surface area (Å²) in [6.45, 7) is 6.40. The van der Waals surface area contributed by atoms with Crippen LogP contribution in [0.3, 0.4) is 0 Å². The van der Waals surface area contributed by atoms with Gasteiger partial charge >= 0.3 is 0 Å². The summed E-state index contributed by atoms with van der Waals surface area (Å²) in [6.07, 6.45) is 0.891. The Morgan fingerprint density at radius 1 is 1.17 bits per heavy atom. The molecule has 1 aromatic carbocycles. The lowest BCUT2D eigenvalue weighted by molar-refractivity contribution is 0.313. The van der Waals surface area contributed by atoms with Crippen LogP contribution in [0.2, 0.25) is 0 Å². The first-order chi connectivity index (χ1) is 11.4. The Labute approximate surface area is 140 Å². The lowest BCUT2D eigenvalue weighted by Gasteiger charge is -2.15. The first-order valence-corrected chi connectivity index (χ1v) is 7.54. The molecule has 0 saturated carbocycles. The number of ether oxygens (including phenoxy) is 1. The number of aryl methyl sites for hydroxylation is 2. The number of benzene rings is 1. The summed E-state index contributed by atoms with van der Waals surface area (Å²) in [4.78, 5) is 14.4. The van der Waals surface area contributed by atoms with Crippen molar-refractivity contribution >= 4 is 5.82 Å². The van der Waals surface area contributed by atoms with E-state index in [0.29, 0.717) is 12.2 Å². The molecular formula is C18H18N4O2. The third kappa shape index (κ3) is 2.95. The fraction of sp³-hybridized carbons (Fsp3) is 0.278. The molecule has 0 fully saturated rings. The van der Waals surface area contributed by atoms with Crippen molar-refractivity contribution in [1.29, 1.82) is 10.5 Å². The first kappa shape index (κ1) is 17.1. The molecular weight excluding hydrogens is 304 g/mol. The second-order valence-electron chi connectivity index (χ2n) is 5.50. The molecule has 0 saturated heterocycles. The SMILES string of the molecule is CCCOc1c(C)cc(-c2c(C#N)c(N)[nH]c(=O)c2C#N)cc1C. The van der Waals surface area contributed by atoms with E-state index in [9.17, 15) is 15.3 Å². The molecule has 0 bridgehead atoms. The smallest absolute Gasteiger partial charge is 0.268 e. The van der Waals surface area contributed by atoms with Gasteiger partial charge in [-0.1, -0.05) is 6.92 Å². The van der Waals surface area contributed by atoms with Gasteiger partial charge < -0.3 is 15.5 Å². The highest BCUT2D eigenvalue weighted by Gasteiger charge is 2.19. The van der Waals surface area contributed by atoms with E-state index in [1.165, 1.54) is 0 Å². The maximum absolute atomic E-state index is 12.0. The number of aromatic nitrogens is 1. The Kier molecular flexibility index (Phi) is 4.91. The van der Waals surface area contributed by atoms with Crippen molar-refractivity contribution in [3.63, 3.8) is 0 Å². The molecule has 2 aromatic rings. The summed E-state index contributed by atoms with van der Waals surface area (Å²) in [5, 5.41) is 18.7. The molecule has 24 heavy (non-hydrogen) atoms. The van der Waals surface area contributed by atoms with E-state index in [1.54, 1.807) is 12.1 Å². The van der Waals surface area contributed by atoms with Gasteiger partial charge in [-0.3, -0.25) is 4.79 Å². The lowest BCUT2D eigenvalue weighted by Crippen LogP contribution is -2.16. The van der Waals surface area contributed by atoms with Crippen LogP contribution in [0.1, 0.15) is 35.6 Å². The lowest BCUT2D eigenvalue weighted by atomic mass is 9.93. The van der Waals surface area contributed by atoms with Crippen LogP contribution in [0.15, 0.2) is 16.9 Å². The van der Waals surface area contributed by atoms with Crippen molar-refractivity contribution in [3.05, 3.63) is 44.7 Å². The number of rotatable bonds is 4. The van der Waals surface area contributed by atoms with Crippen LogP contribution in [0, 0.1) is 36.5 Å². The molecule has 0 amide bonds. The summed E-state index contributed by atoms with van der Waals surface area (Å²) in [6, 6.07) is 7.44. The number of aromatic amines is 1. The normalized spacial score (nSPS) is 10.0. The van der Waals surface area contributed by atoms with Crippen LogP contribution in [0.5, 0.6) is 5.75 Å². The Hall–Kier alpha value is -3.25. The van der Waals surface area contributed by atoms with Gasteiger partial charge in [-0.25, -0.2) is 0 Å². The van der Waals surface area contributed by atoms with E-state index in [0.717, 1.165) is 23.3 Å². The van der Waals surface area contributed by atoms with Crippen LogP contribution in [-0.4, -0.2) is 11.6 Å². The summed E-state index contributed by atoms with van der Waals surface area (Å²) in [5.41, 5.74) is 7.70. The minimum Gasteiger partial charge on any atom is -0.493 e. The number of nitrogens with zero attached hydrogens (tertiary/aromatic N) is 2. The minimum atomic E-state index is -0.606. The Bertz CT molecular complexity index is 907. The number of hydrogen-bond donors (Lipinski definition) is 2. The van der Waals surface area contributed by atoms with Gasteiger partial charge in [0.05, 0.1) is 6.61 Å². The van der Waals surface area contributed by atoms with Gasteiger partial charge in [0.25, 0.3) is 5.56 Å². The molecule has 0 aliphatic rings. The molecule has 0 atom stereocenters. The number of pyridine rings is 1. The maximum Gasteiger partial charge on any atom is 0.268 e. The van der Waals surface area contributed by atoms with E-state index < -0.39 is 5.56 Å². The zero-order valence-corrected chi connectivity index (χ0v) is 13.9. The molecule has 1 heterocycles. The van der Waals surface area contributed by atoms with Gasteiger partial charge in [0.1, 0.15) is 34.8 Å². The zero-order valence-electron chi connectivity index (χ0n) is 13.9. The average molecular weight is 322 g/mol. The van der Waals surface area contributed by atoms with Crippen LogP contribution in [-0.2, 0) is 0 Å². The zero-order chi connectivity index (χ0) is 17.9.